The number of hydrogen-bond donors (Lipinski definition) is 1. The Morgan fingerprint density at radius 1 is 1.24 bits per heavy atom. The van der Waals surface area contributed by atoms with Gasteiger partial charge in [-0.2, -0.15) is 0 Å². The Hall–Kier alpha value is -1.87. The van der Waals surface area contributed by atoms with E-state index in [9.17, 15) is 0 Å². The van der Waals surface area contributed by atoms with Crippen LogP contribution in [0.15, 0.2) is 36.5 Å². The van der Waals surface area contributed by atoms with Gasteiger partial charge in [-0.1, -0.05) is 30.7 Å². The van der Waals surface area contributed by atoms with Gasteiger partial charge in [-0.25, -0.2) is 0 Å². The standard InChI is InChI=1S/C18H24N2O/c1-5-10-19-17(15-9-8-13(2)12-14(15)3)18-16(21-4)7-6-11-20-18/h6-9,11-12,17,19H,5,10H2,1-4H3. The molecule has 1 aromatic carbocycles. The second-order valence-electron chi connectivity index (χ2n) is 5.34. The lowest BCUT2D eigenvalue weighted by Crippen LogP contribution is -2.25. The van der Waals surface area contributed by atoms with E-state index >= 15 is 0 Å². The first-order valence-electron chi connectivity index (χ1n) is 7.46. The van der Waals surface area contributed by atoms with E-state index in [1.165, 1.54) is 16.7 Å². The van der Waals surface area contributed by atoms with Crippen LogP contribution in [-0.2, 0) is 0 Å². The summed E-state index contributed by atoms with van der Waals surface area (Å²) in [5, 5.41) is 3.59. The Balaban J connectivity index is 2.47. The number of aromatic nitrogens is 1. The molecule has 0 amide bonds. The molecule has 2 rings (SSSR count). The van der Waals surface area contributed by atoms with E-state index in [1.807, 2.05) is 18.3 Å². The molecule has 0 saturated heterocycles. The van der Waals surface area contributed by atoms with Crippen molar-refractivity contribution in [1.82, 2.24) is 10.3 Å². The number of hydrogen-bond acceptors (Lipinski definition) is 3. The predicted octanol–water partition coefficient (Wildman–Crippen LogP) is 3.80. The third-order valence-electron chi connectivity index (χ3n) is 3.63. The van der Waals surface area contributed by atoms with Crippen molar-refractivity contribution in [3.63, 3.8) is 0 Å². The van der Waals surface area contributed by atoms with E-state index in [0.717, 1.165) is 24.4 Å². The highest BCUT2D eigenvalue weighted by molar-refractivity contribution is 5.41. The average Bonchev–Trinajstić information content (AvgIpc) is 2.49. The predicted molar refractivity (Wildman–Crippen MR) is 86.8 cm³/mol. The zero-order chi connectivity index (χ0) is 15.2. The topological polar surface area (TPSA) is 34.2 Å². The molecule has 1 heterocycles. The lowest BCUT2D eigenvalue weighted by atomic mass is 9.96. The fraction of sp³-hybridized carbons (Fsp3) is 0.389. The number of pyridine rings is 1. The molecule has 0 aliphatic carbocycles. The fourth-order valence-electron chi connectivity index (χ4n) is 2.58. The van der Waals surface area contributed by atoms with Gasteiger partial charge in [0.25, 0.3) is 0 Å². The number of nitrogens with one attached hydrogen (secondary N) is 1. The maximum Gasteiger partial charge on any atom is 0.142 e. The van der Waals surface area contributed by atoms with Crippen molar-refractivity contribution in [2.45, 2.75) is 33.2 Å². The van der Waals surface area contributed by atoms with E-state index in [0.29, 0.717) is 0 Å². The van der Waals surface area contributed by atoms with Crippen molar-refractivity contribution in [2.24, 2.45) is 0 Å². The summed E-state index contributed by atoms with van der Waals surface area (Å²) < 4.78 is 5.49. The molecule has 1 unspecified atom stereocenters. The van der Waals surface area contributed by atoms with E-state index < -0.39 is 0 Å². The Labute approximate surface area is 127 Å². The number of ether oxygens (including phenoxy) is 1. The summed E-state index contributed by atoms with van der Waals surface area (Å²) in [5.41, 5.74) is 4.75. The molecule has 0 saturated carbocycles. The van der Waals surface area contributed by atoms with Gasteiger partial charge in [0.15, 0.2) is 0 Å². The van der Waals surface area contributed by atoms with Crippen LogP contribution in [-0.4, -0.2) is 18.6 Å². The molecule has 1 atom stereocenters. The molecule has 0 radical (unpaired) electrons. The minimum atomic E-state index is 0.0571. The quantitative estimate of drug-likeness (QED) is 0.876. The molecule has 1 aromatic heterocycles. The third-order valence-corrected chi connectivity index (χ3v) is 3.63. The SMILES string of the molecule is CCCNC(c1ccc(C)cc1C)c1ncccc1OC. The van der Waals surface area contributed by atoms with Gasteiger partial charge >= 0.3 is 0 Å². The van der Waals surface area contributed by atoms with Crippen LogP contribution in [0.5, 0.6) is 5.75 Å². The second-order valence-corrected chi connectivity index (χ2v) is 5.34. The summed E-state index contributed by atoms with van der Waals surface area (Å²) in [6.07, 6.45) is 2.90. The summed E-state index contributed by atoms with van der Waals surface area (Å²) >= 11 is 0. The van der Waals surface area contributed by atoms with Crippen molar-refractivity contribution < 1.29 is 4.74 Å². The highest BCUT2D eigenvalue weighted by atomic mass is 16.5. The smallest absolute Gasteiger partial charge is 0.142 e. The van der Waals surface area contributed by atoms with Gasteiger partial charge in [0.05, 0.1) is 13.2 Å². The molecular weight excluding hydrogens is 260 g/mol. The van der Waals surface area contributed by atoms with Crippen LogP contribution in [0.1, 0.15) is 41.8 Å². The summed E-state index contributed by atoms with van der Waals surface area (Å²) in [5.74, 6) is 0.825. The van der Waals surface area contributed by atoms with E-state index in [-0.39, 0.29) is 6.04 Å². The molecule has 0 spiro atoms. The molecule has 0 bridgehead atoms. The van der Waals surface area contributed by atoms with Crippen molar-refractivity contribution in [1.29, 1.82) is 0 Å². The van der Waals surface area contributed by atoms with Gasteiger partial charge < -0.3 is 10.1 Å². The molecule has 0 fully saturated rings. The van der Waals surface area contributed by atoms with Crippen molar-refractivity contribution in [3.8, 4) is 5.75 Å². The summed E-state index contributed by atoms with van der Waals surface area (Å²) in [6.45, 7) is 7.38. The van der Waals surface area contributed by atoms with Crippen LogP contribution >= 0.6 is 0 Å². The Kier molecular flexibility index (Phi) is 5.34. The maximum atomic E-state index is 5.49. The van der Waals surface area contributed by atoms with Gasteiger partial charge in [0, 0.05) is 6.20 Å². The fourth-order valence-corrected chi connectivity index (χ4v) is 2.58. The van der Waals surface area contributed by atoms with E-state index in [1.54, 1.807) is 7.11 Å². The van der Waals surface area contributed by atoms with Crippen LogP contribution < -0.4 is 10.1 Å². The van der Waals surface area contributed by atoms with E-state index in [2.05, 4.69) is 49.3 Å². The first kappa shape index (κ1) is 15.5. The molecule has 0 aliphatic rings. The Morgan fingerprint density at radius 2 is 2.05 bits per heavy atom. The lowest BCUT2D eigenvalue weighted by Gasteiger charge is -2.22. The molecule has 2 aromatic rings. The van der Waals surface area contributed by atoms with Crippen LogP contribution in [0.2, 0.25) is 0 Å². The number of rotatable bonds is 6. The Bertz CT molecular complexity index is 596. The molecule has 21 heavy (non-hydrogen) atoms. The molecular formula is C18H24N2O. The molecule has 3 heteroatoms. The highest BCUT2D eigenvalue weighted by Gasteiger charge is 2.20. The van der Waals surface area contributed by atoms with Crippen molar-refractivity contribution in [2.75, 3.05) is 13.7 Å². The number of nitrogens with zero attached hydrogens (tertiary/aromatic N) is 1. The molecule has 3 nitrogen and oxygen atoms in total. The van der Waals surface area contributed by atoms with Crippen LogP contribution in [0.25, 0.3) is 0 Å². The first-order chi connectivity index (χ1) is 10.2. The van der Waals surface area contributed by atoms with Gasteiger partial charge in [0.1, 0.15) is 11.4 Å². The third kappa shape index (κ3) is 3.61. The minimum absolute atomic E-state index is 0.0571. The lowest BCUT2D eigenvalue weighted by molar-refractivity contribution is 0.399. The number of aryl methyl sites for hydroxylation is 2. The molecule has 0 aliphatic heterocycles. The summed E-state index contributed by atoms with van der Waals surface area (Å²) in [7, 11) is 1.69. The monoisotopic (exact) mass is 284 g/mol. The maximum absolute atomic E-state index is 5.49. The van der Waals surface area contributed by atoms with Crippen LogP contribution in [0.4, 0.5) is 0 Å². The van der Waals surface area contributed by atoms with Gasteiger partial charge in [0.2, 0.25) is 0 Å². The van der Waals surface area contributed by atoms with Crippen LogP contribution in [0.3, 0.4) is 0 Å². The second kappa shape index (κ2) is 7.23. The van der Waals surface area contributed by atoms with Crippen molar-refractivity contribution in [3.05, 3.63) is 58.9 Å². The average molecular weight is 284 g/mol. The van der Waals surface area contributed by atoms with Crippen LogP contribution in [0, 0.1) is 13.8 Å². The Morgan fingerprint density at radius 3 is 2.71 bits per heavy atom. The largest absolute Gasteiger partial charge is 0.495 e. The zero-order valence-electron chi connectivity index (χ0n) is 13.3. The summed E-state index contributed by atoms with van der Waals surface area (Å²) in [6, 6.07) is 10.5. The zero-order valence-corrected chi connectivity index (χ0v) is 13.3. The number of benzene rings is 1. The van der Waals surface area contributed by atoms with Crippen molar-refractivity contribution >= 4 is 0 Å². The minimum Gasteiger partial charge on any atom is -0.495 e. The number of methoxy groups -OCH3 is 1. The molecule has 1 N–H and O–H groups in total. The van der Waals surface area contributed by atoms with Gasteiger partial charge in [-0.3, -0.25) is 4.98 Å². The first-order valence-corrected chi connectivity index (χ1v) is 7.46. The molecule has 112 valence electrons. The summed E-state index contributed by atoms with van der Waals surface area (Å²) in [4.78, 5) is 4.56. The van der Waals surface area contributed by atoms with Gasteiger partial charge in [-0.15, -0.1) is 0 Å². The normalized spacial score (nSPS) is 12.2. The van der Waals surface area contributed by atoms with E-state index in [4.69, 9.17) is 4.74 Å². The van der Waals surface area contributed by atoms with Gasteiger partial charge in [-0.05, 0) is 50.1 Å². The highest BCUT2D eigenvalue weighted by Crippen LogP contribution is 2.30.